The number of rotatable bonds is 11. The number of carboxylic acid groups (broad SMARTS) is 1. The van der Waals surface area contributed by atoms with Crippen LogP contribution in [-0.4, -0.2) is 97.7 Å². The molecule has 2 aliphatic heterocycles. The number of fused-ring (bicyclic) bond motifs is 1. The van der Waals surface area contributed by atoms with Crippen molar-refractivity contribution in [3.8, 4) is 5.75 Å². The number of nitrogens with zero attached hydrogens (tertiary/aromatic N) is 8. The zero-order valence-corrected chi connectivity index (χ0v) is 23.8. The minimum atomic E-state index is -1.28. The molecule has 20 heteroatoms. The van der Waals surface area contributed by atoms with Crippen molar-refractivity contribution in [2.75, 3.05) is 23.8 Å². The second kappa shape index (κ2) is 12.4. The van der Waals surface area contributed by atoms with E-state index in [1.54, 1.807) is 24.3 Å². The van der Waals surface area contributed by atoms with Crippen LogP contribution in [-0.2, 0) is 20.9 Å². The van der Waals surface area contributed by atoms with E-state index in [9.17, 15) is 19.5 Å². The molecule has 5 N–H and O–H groups in total. The fraction of sp³-hybridized carbons (Fsp3) is 0.286. The molecule has 1 unspecified atom stereocenters. The van der Waals surface area contributed by atoms with E-state index in [2.05, 4.69) is 35.4 Å². The molecule has 5 rings (SSSR count). The number of carbonyl (C=O) groups is 3. The molecule has 0 bridgehead atoms. The topological polar surface area (TPSA) is 224 Å². The molecule has 1 saturated heterocycles. The van der Waals surface area contributed by atoms with E-state index in [4.69, 9.17) is 27.3 Å². The number of nitrogen functional groups attached to an aromatic ring is 1. The Morgan fingerprint density at radius 2 is 2.10 bits per heavy atom. The van der Waals surface area contributed by atoms with Crippen LogP contribution in [0.15, 0.2) is 45.8 Å². The van der Waals surface area contributed by atoms with Gasteiger partial charge in [-0.1, -0.05) is 28.5 Å². The van der Waals surface area contributed by atoms with Gasteiger partial charge in [0.15, 0.2) is 10.9 Å². The third-order valence-electron chi connectivity index (χ3n) is 5.65. The molecular formula is C21H19ClN10O6S3. The second-order valence-corrected chi connectivity index (χ2v) is 11.5. The van der Waals surface area contributed by atoms with Crippen molar-refractivity contribution in [2.24, 2.45) is 5.16 Å². The average Bonchev–Trinajstić information content (AvgIpc) is 3.59. The summed E-state index contributed by atoms with van der Waals surface area (Å²) in [7, 11) is 0. The first kappa shape index (κ1) is 28.7. The van der Waals surface area contributed by atoms with Gasteiger partial charge in [0, 0.05) is 28.1 Å². The highest BCUT2D eigenvalue weighted by molar-refractivity contribution is 8.01. The number of hydrogen-bond donors (Lipinski definition) is 4. The summed E-state index contributed by atoms with van der Waals surface area (Å²) in [4.78, 5) is 49.1. The van der Waals surface area contributed by atoms with Crippen LogP contribution in [0.2, 0.25) is 5.02 Å². The predicted octanol–water partition coefficient (Wildman–Crippen LogP) is 0.0665. The summed E-state index contributed by atoms with van der Waals surface area (Å²) in [6.07, 6.45) is 0. The number of nitrogens with one attached hydrogen (secondary N) is 1. The van der Waals surface area contributed by atoms with E-state index in [0.29, 0.717) is 15.8 Å². The quantitative estimate of drug-likeness (QED) is 0.0944. The van der Waals surface area contributed by atoms with Gasteiger partial charge in [-0.25, -0.2) is 9.48 Å². The number of benzene rings is 1. The lowest BCUT2D eigenvalue weighted by Gasteiger charge is -2.49. The number of thioether (sulfide) groups is 2. The van der Waals surface area contributed by atoms with Gasteiger partial charge in [0.25, 0.3) is 11.8 Å². The number of tetrazole rings is 1. The number of aliphatic hydroxyl groups excluding tert-OH is 1. The van der Waals surface area contributed by atoms with Gasteiger partial charge in [0.05, 0.1) is 13.2 Å². The number of hydrogen-bond acceptors (Lipinski definition) is 15. The van der Waals surface area contributed by atoms with Crippen molar-refractivity contribution in [1.82, 2.24) is 39.8 Å². The van der Waals surface area contributed by atoms with Crippen molar-refractivity contribution in [2.45, 2.75) is 23.1 Å². The zero-order valence-electron chi connectivity index (χ0n) is 20.6. The lowest BCUT2D eigenvalue weighted by Crippen LogP contribution is -2.71. The minimum absolute atomic E-state index is 0.0905. The second-order valence-electron chi connectivity index (χ2n) is 8.26. The summed E-state index contributed by atoms with van der Waals surface area (Å²) >= 11 is 9.21. The molecule has 0 spiro atoms. The first-order valence-corrected chi connectivity index (χ1v) is 14.8. The van der Waals surface area contributed by atoms with Gasteiger partial charge in [-0.05, 0) is 40.3 Å². The van der Waals surface area contributed by atoms with Crippen LogP contribution >= 0.6 is 46.7 Å². The number of β-lactam (4-membered cyclic amide) rings is 1. The van der Waals surface area contributed by atoms with E-state index in [-0.39, 0.29) is 52.8 Å². The highest BCUT2D eigenvalue weighted by atomic mass is 35.5. The summed E-state index contributed by atoms with van der Waals surface area (Å²) in [5.74, 6) is -2.04. The van der Waals surface area contributed by atoms with Gasteiger partial charge >= 0.3 is 5.97 Å². The van der Waals surface area contributed by atoms with Crippen molar-refractivity contribution >= 4 is 75.3 Å². The maximum Gasteiger partial charge on any atom is 0.352 e. The molecule has 1 fully saturated rings. The number of aliphatic carboxylic acids is 1. The van der Waals surface area contributed by atoms with Crippen molar-refractivity contribution in [1.29, 1.82) is 0 Å². The zero-order chi connectivity index (χ0) is 29.1. The Morgan fingerprint density at radius 1 is 1.32 bits per heavy atom. The van der Waals surface area contributed by atoms with Crippen molar-refractivity contribution in [3.05, 3.63) is 46.4 Å². The molecule has 3 aromatic rings. The Hall–Kier alpha value is -3.78. The Balaban J connectivity index is 1.31. The number of oxime groups is 1. The molecule has 0 radical (unpaired) electrons. The number of anilines is 1. The van der Waals surface area contributed by atoms with E-state index < -0.39 is 29.2 Å². The molecule has 2 atom stereocenters. The molecule has 2 aromatic heterocycles. The Morgan fingerprint density at radius 3 is 2.78 bits per heavy atom. The standard InChI is InChI=1S/C21H19ClN10O6S3/c22-10-1-3-11(4-2-10)38-27-12(15-25-20(23)41-28-15)16(34)24-13-17(35)32-14(19(36)37)9(7-39-18(13)32)8-40-21-26-29-30-31(21)5-6-33/h1-4,13,18,33H,5-8H2,(H,24,34)(H,36,37)(H2,23,25,28)/t13?,18-/m0/s1. The largest absolute Gasteiger partial charge is 0.477 e. The van der Waals surface area contributed by atoms with Crippen LogP contribution in [0.25, 0.3) is 0 Å². The highest BCUT2D eigenvalue weighted by Crippen LogP contribution is 2.41. The summed E-state index contributed by atoms with van der Waals surface area (Å²) in [6, 6.07) is 5.19. The summed E-state index contributed by atoms with van der Waals surface area (Å²) in [5, 5.41) is 37.1. The number of halogens is 1. The number of aromatic nitrogens is 6. The number of nitrogens with two attached hydrogens (primary N) is 1. The molecule has 2 amide bonds. The summed E-state index contributed by atoms with van der Waals surface area (Å²) < 4.78 is 5.41. The third kappa shape index (κ3) is 6.12. The fourth-order valence-electron chi connectivity index (χ4n) is 3.80. The van der Waals surface area contributed by atoms with Crippen LogP contribution < -0.4 is 15.9 Å². The molecule has 0 saturated carbocycles. The van der Waals surface area contributed by atoms with Gasteiger partial charge in [0.1, 0.15) is 17.1 Å². The highest BCUT2D eigenvalue weighted by Gasteiger charge is 2.54. The fourth-order valence-corrected chi connectivity index (χ4v) is 6.75. The minimum Gasteiger partial charge on any atom is -0.477 e. The van der Waals surface area contributed by atoms with Crippen LogP contribution in [0.4, 0.5) is 5.13 Å². The van der Waals surface area contributed by atoms with Crippen LogP contribution in [0.1, 0.15) is 5.82 Å². The summed E-state index contributed by atoms with van der Waals surface area (Å²) in [6.45, 7) is 0.0161. The van der Waals surface area contributed by atoms with Gasteiger partial charge in [-0.3, -0.25) is 14.5 Å². The Bertz CT molecular complexity index is 1540. The van der Waals surface area contributed by atoms with Crippen LogP contribution in [0.5, 0.6) is 5.75 Å². The number of amides is 2. The van der Waals surface area contributed by atoms with Gasteiger partial charge in [0.2, 0.25) is 16.7 Å². The number of carboxylic acids is 1. The van der Waals surface area contributed by atoms with Gasteiger partial charge < -0.3 is 26.1 Å². The maximum atomic E-state index is 13.2. The van der Waals surface area contributed by atoms with E-state index >= 15 is 0 Å². The smallest absolute Gasteiger partial charge is 0.352 e. The summed E-state index contributed by atoms with van der Waals surface area (Å²) in [5.41, 5.74) is 5.68. The van der Waals surface area contributed by atoms with Gasteiger partial charge in [-0.2, -0.15) is 9.36 Å². The van der Waals surface area contributed by atoms with E-state index in [0.717, 1.165) is 16.4 Å². The van der Waals surface area contributed by atoms with Gasteiger partial charge in [-0.15, -0.1) is 16.9 Å². The Kier molecular flexibility index (Phi) is 8.68. The van der Waals surface area contributed by atoms with E-state index in [1.807, 2.05) is 0 Å². The van der Waals surface area contributed by atoms with Crippen molar-refractivity contribution in [3.63, 3.8) is 0 Å². The normalized spacial score (nSPS) is 18.6. The Labute approximate surface area is 248 Å². The molecule has 0 aliphatic carbocycles. The number of carbonyl (C=O) groups excluding carboxylic acids is 2. The molecule has 4 heterocycles. The maximum absolute atomic E-state index is 13.2. The third-order valence-corrected chi connectivity index (χ3v) is 8.82. The molecule has 41 heavy (non-hydrogen) atoms. The van der Waals surface area contributed by atoms with Crippen LogP contribution in [0, 0.1) is 0 Å². The monoisotopic (exact) mass is 638 g/mol. The first-order valence-electron chi connectivity index (χ1n) is 11.6. The lowest BCUT2D eigenvalue weighted by atomic mass is 10.0. The lowest BCUT2D eigenvalue weighted by molar-refractivity contribution is -0.150. The SMILES string of the molecule is Nc1nc(C(=NOc2ccc(Cl)cc2)C(=O)NC2C(=O)N3C(C(=O)O)=C(CSc4nnnn4CCO)CS[C@@H]23)ns1. The predicted molar refractivity (Wildman–Crippen MR) is 148 cm³/mol. The molecular weight excluding hydrogens is 620 g/mol. The number of aliphatic hydroxyl groups is 1. The molecule has 2 aliphatic rings. The van der Waals surface area contributed by atoms with Crippen molar-refractivity contribution < 1.29 is 29.4 Å². The first-order chi connectivity index (χ1) is 19.8. The molecule has 16 nitrogen and oxygen atoms in total. The van der Waals surface area contributed by atoms with E-state index in [1.165, 1.54) is 28.2 Å². The molecule has 1 aromatic carbocycles. The average molecular weight is 639 g/mol. The molecule has 214 valence electrons. The van der Waals surface area contributed by atoms with Crippen LogP contribution in [0.3, 0.4) is 0 Å².